The highest BCUT2D eigenvalue weighted by Gasteiger charge is 2.05. The predicted molar refractivity (Wildman–Crippen MR) is 69.4 cm³/mol. The molecule has 0 aliphatic carbocycles. The van der Waals surface area contributed by atoms with Crippen LogP contribution in [0.3, 0.4) is 0 Å². The lowest BCUT2D eigenvalue weighted by molar-refractivity contribution is 0.884. The van der Waals surface area contributed by atoms with E-state index in [9.17, 15) is 0 Å². The molecule has 0 fully saturated rings. The van der Waals surface area contributed by atoms with E-state index >= 15 is 0 Å². The van der Waals surface area contributed by atoms with Gasteiger partial charge in [-0.25, -0.2) is 0 Å². The molecule has 1 N–H and O–H groups in total. The Labute approximate surface area is 97.1 Å². The topological polar surface area (TPSA) is 12.0 Å². The van der Waals surface area contributed by atoms with Gasteiger partial charge >= 0.3 is 0 Å². The molecule has 0 spiro atoms. The van der Waals surface area contributed by atoms with E-state index in [0.717, 1.165) is 11.3 Å². The SMILES string of the molecule is [CH2]c1ccccc1NC(C)c1ccccc1. The zero-order valence-electron chi connectivity index (χ0n) is 9.48. The summed E-state index contributed by atoms with van der Waals surface area (Å²) in [7, 11) is 0. The molecule has 0 saturated carbocycles. The van der Waals surface area contributed by atoms with Gasteiger partial charge in [0.25, 0.3) is 0 Å². The predicted octanol–water partition coefficient (Wildman–Crippen LogP) is 4.04. The van der Waals surface area contributed by atoms with E-state index in [-0.39, 0.29) is 0 Å². The molecule has 0 saturated heterocycles. The molecular weight excluding hydrogens is 194 g/mol. The summed E-state index contributed by atoms with van der Waals surface area (Å²) in [5.74, 6) is 0. The largest absolute Gasteiger partial charge is 0.378 e. The summed E-state index contributed by atoms with van der Waals surface area (Å²) < 4.78 is 0. The van der Waals surface area contributed by atoms with Crippen LogP contribution in [0.25, 0.3) is 0 Å². The maximum absolute atomic E-state index is 4.00. The summed E-state index contributed by atoms with van der Waals surface area (Å²) in [6.45, 7) is 6.16. The highest BCUT2D eigenvalue weighted by molar-refractivity contribution is 5.53. The molecule has 1 unspecified atom stereocenters. The molecule has 1 nitrogen and oxygen atoms in total. The summed E-state index contributed by atoms with van der Waals surface area (Å²) in [4.78, 5) is 0. The Bertz CT molecular complexity index is 448. The van der Waals surface area contributed by atoms with Gasteiger partial charge in [-0.3, -0.25) is 0 Å². The van der Waals surface area contributed by atoms with Crippen LogP contribution < -0.4 is 5.32 Å². The molecular formula is C15H16N. The van der Waals surface area contributed by atoms with Crippen molar-refractivity contribution < 1.29 is 0 Å². The second kappa shape index (κ2) is 4.84. The van der Waals surface area contributed by atoms with Crippen LogP contribution in [0.5, 0.6) is 0 Å². The van der Waals surface area contributed by atoms with Gasteiger partial charge in [0.15, 0.2) is 0 Å². The highest BCUT2D eigenvalue weighted by atomic mass is 14.9. The number of rotatable bonds is 3. The summed E-state index contributed by atoms with van der Waals surface area (Å²) in [6.07, 6.45) is 0. The van der Waals surface area contributed by atoms with Gasteiger partial charge in [0.05, 0.1) is 0 Å². The fraction of sp³-hybridized carbons (Fsp3) is 0.133. The van der Waals surface area contributed by atoms with Crippen LogP contribution in [-0.2, 0) is 0 Å². The van der Waals surface area contributed by atoms with Gasteiger partial charge in [0.2, 0.25) is 0 Å². The maximum Gasteiger partial charge on any atom is 0.0485 e. The van der Waals surface area contributed by atoms with Gasteiger partial charge in [0, 0.05) is 11.7 Å². The third-order valence-electron chi connectivity index (χ3n) is 2.69. The van der Waals surface area contributed by atoms with Crippen molar-refractivity contribution in [1.82, 2.24) is 0 Å². The van der Waals surface area contributed by atoms with Crippen molar-refractivity contribution >= 4 is 5.69 Å². The Kier molecular flexibility index (Phi) is 3.25. The average Bonchev–Trinajstić information content (AvgIpc) is 2.33. The molecule has 1 heteroatoms. The Morgan fingerprint density at radius 1 is 0.938 bits per heavy atom. The lowest BCUT2D eigenvalue weighted by Gasteiger charge is -2.17. The second-order valence-electron chi connectivity index (χ2n) is 3.93. The minimum atomic E-state index is 0.295. The van der Waals surface area contributed by atoms with Crippen molar-refractivity contribution in [2.45, 2.75) is 13.0 Å². The minimum Gasteiger partial charge on any atom is -0.378 e. The van der Waals surface area contributed by atoms with E-state index in [1.165, 1.54) is 5.56 Å². The van der Waals surface area contributed by atoms with Crippen LogP contribution in [0.1, 0.15) is 24.1 Å². The molecule has 0 aliphatic heterocycles. The van der Waals surface area contributed by atoms with Crippen LogP contribution in [-0.4, -0.2) is 0 Å². The lowest BCUT2D eigenvalue weighted by atomic mass is 10.1. The quantitative estimate of drug-likeness (QED) is 0.806. The van der Waals surface area contributed by atoms with E-state index in [4.69, 9.17) is 0 Å². The van der Waals surface area contributed by atoms with Crippen LogP contribution in [0.4, 0.5) is 5.69 Å². The van der Waals surface area contributed by atoms with Gasteiger partial charge in [-0.15, -0.1) is 0 Å². The number of hydrogen-bond acceptors (Lipinski definition) is 1. The fourth-order valence-corrected chi connectivity index (χ4v) is 1.72. The van der Waals surface area contributed by atoms with E-state index in [0.29, 0.717) is 6.04 Å². The fourth-order valence-electron chi connectivity index (χ4n) is 1.72. The molecule has 0 aliphatic rings. The van der Waals surface area contributed by atoms with Gasteiger partial charge in [-0.05, 0) is 31.0 Å². The number of para-hydroxylation sites is 1. The number of benzene rings is 2. The van der Waals surface area contributed by atoms with Crippen molar-refractivity contribution in [2.24, 2.45) is 0 Å². The van der Waals surface area contributed by atoms with Crippen molar-refractivity contribution in [3.05, 3.63) is 72.6 Å². The zero-order chi connectivity index (χ0) is 11.4. The molecule has 81 valence electrons. The molecule has 2 rings (SSSR count). The Hall–Kier alpha value is -1.76. The summed E-state index contributed by atoms with van der Waals surface area (Å²) in [5.41, 5.74) is 3.41. The Morgan fingerprint density at radius 2 is 1.56 bits per heavy atom. The first-order valence-corrected chi connectivity index (χ1v) is 5.50. The molecule has 2 aromatic carbocycles. The first kappa shape index (κ1) is 10.7. The molecule has 0 aromatic heterocycles. The van der Waals surface area contributed by atoms with Crippen LogP contribution in [0, 0.1) is 6.92 Å². The highest BCUT2D eigenvalue weighted by Crippen LogP contribution is 2.21. The van der Waals surface area contributed by atoms with E-state index in [1.54, 1.807) is 0 Å². The summed E-state index contributed by atoms with van der Waals surface area (Å²) in [5, 5.41) is 3.46. The lowest BCUT2D eigenvalue weighted by Crippen LogP contribution is -2.07. The molecule has 16 heavy (non-hydrogen) atoms. The van der Waals surface area contributed by atoms with Gasteiger partial charge in [0.1, 0.15) is 0 Å². The first-order chi connectivity index (χ1) is 7.77. The van der Waals surface area contributed by atoms with E-state index in [2.05, 4.69) is 49.5 Å². The third-order valence-corrected chi connectivity index (χ3v) is 2.69. The third kappa shape index (κ3) is 2.43. The average molecular weight is 210 g/mol. The zero-order valence-corrected chi connectivity index (χ0v) is 9.48. The van der Waals surface area contributed by atoms with Crippen molar-refractivity contribution in [3.8, 4) is 0 Å². The molecule has 2 aromatic rings. The van der Waals surface area contributed by atoms with E-state index in [1.807, 2.05) is 24.3 Å². The smallest absolute Gasteiger partial charge is 0.0485 e. The molecule has 0 bridgehead atoms. The van der Waals surface area contributed by atoms with Crippen molar-refractivity contribution in [1.29, 1.82) is 0 Å². The normalized spacial score (nSPS) is 12.1. The maximum atomic E-state index is 4.00. The monoisotopic (exact) mass is 210 g/mol. The first-order valence-electron chi connectivity index (χ1n) is 5.50. The standard InChI is InChI=1S/C15H16N/c1-12-8-6-7-11-15(12)16-13(2)14-9-4-3-5-10-14/h3-11,13,16H,1H2,2H3. The number of anilines is 1. The number of hydrogen-bond donors (Lipinski definition) is 1. The van der Waals surface area contributed by atoms with Crippen molar-refractivity contribution in [2.75, 3.05) is 5.32 Å². The summed E-state index contributed by atoms with van der Waals surface area (Å²) >= 11 is 0. The van der Waals surface area contributed by atoms with Crippen LogP contribution in [0.2, 0.25) is 0 Å². The Balaban J connectivity index is 2.14. The summed E-state index contributed by atoms with van der Waals surface area (Å²) in [6, 6.07) is 18.8. The second-order valence-corrected chi connectivity index (χ2v) is 3.93. The van der Waals surface area contributed by atoms with Crippen LogP contribution in [0.15, 0.2) is 54.6 Å². The minimum absolute atomic E-state index is 0.295. The van der Waals surface area contributed by atoms with Gasteiger partial charge in [-0.2, -0.15) is 0 Å². The Morgan fingerprint density at radius 3 is 2.25 bits per heavy atom. The molecule has 1 radical (unpaired) electrons. The number of nitrogens with one attached hydrogen (secondary N) is 1. The van der Waals surface area contributed by atoms with Gasteiger partial charge in [-0.1, -0.05) is 48.5 Å². The van der Waals surface area contributed by atoms with Gasteiger partial charge < -0.3 is 5.32 Å². The molecule has 0 heterocycles. The van der Waals surface area contributed by atoms with Crippen LogP contribution >= 0.6 is 0 Å². The van der Waals surface area contributed by atoms with E-state index < -0.39 is 0 Å². The molecule has 0 amide bonds. The molecule has 1 atom stereocenters. The van der Waals surface area contributed by atoms with Crippen molar-refractivity contribution in [3.63, 3.8) is 0 Å².